The molecule has 0 amide bonds. The number of H-pyrrole nitrogens is 1. The number of nitrogen functional groups attached to an aromatic ring is 1. The number of nitro groups is 1. The summed E-state index contributed by atoms with van der Waals surface area (Å²) in [5.74, 6) is 0. The summed E-state index contributed by atoms with van der Waals surface area (Å²) >= 11 is 0. The fourth-order valence-electron chi connectivity index (χ4n) is 1.06. The average molecular weight is 287 g/mol. The van der Waals surface area contributed by atoms with Crippen molar-refractivity contribution < 1.29 is 27.3 Å². The first-order valence-corrected chi connectivity index (χ1v) is 3.43. The van der Waals surface area contributed by atoms with Gasteiger partial charge in [-0.05, 0) is 6.07 Å². The molecule has 2 rings (SSSR count). The molecule has 0 fully saturated rings. The quantitative estimate of drug-likeness (QED) is 0.342. The molecule has 0 saturated heterocycles. The Morgan fingerprint density at radius 3 is 2.86 bits per heavy atom. The third kappa shape index (κ3) is 1.60. The largest absolute Gasteiger partial charge is 0.393 e. The first-order valence-electron chi connectivity index (χ1n) is 3.43. The van der Waals surface area contributed by atoms with E-state index in [0.717, 1.165) is 0 Å². The van der Waals surface area contributed by atoms with Gasteiger partial charge < -0.3 is 5.73 Å². The minimum absolute atomic E-state index is 0. The number of nitrogens with one attached hydrogen (secondary N) is 1. The monoisotopic (exact) mass is 286 g/mol. The number of fused-ring (bicyclic) bond motifs is 1. The number of anilines is 1. The van der Waals surface area contributed by atoms with E-state index in [1.165, 1.54) is 12.1 Å². The van der Waals surface area contributed by atoms with Crippen molar-refractivity contribution in [2.45, 2.75) is 0 Å². The van der Waals surface area contributed by atoms with E-state index in [-0.39, 0.29) is 33.8 Å². The molecule has 2 aromatic rings. The molecule has 1 aromatic heterocycles. The molecule has 0 aliphatic rings. The predicted octanol–water partition coefficient (Wildman–Crippen LogP) is 0.446. The van der Waals surface area contributed by atoms with Gasteiger partial charge in [-0.15, -0.1) is 5.10 Å². The van der Waals surface area contributed by atoms with Crippen LogP contribution in [-0.4, -0.2) is 20.3 Å². The Balaban J connectivity index is 0.000000980. The molecule has 0 spiro atoms. The van der Waals surface area contributed by atoms with E-state index in [9.17, 15) is 10.1 Å². The number of aromatic amines is 1. The molecule has 0 aliphatic carbocycles. The summed E-state index contributed by atoms with van der Waals surface area (Å²) in [6, 6.07) is 2.72. The van der Waals surface area contributed by atoms with Gasteiger partial charge in [0, 0.05) is 28.4 Å². The Labute approximate surface area is 93.3 Å². The Morgan fingerprint density at radius 1 is 1.50 bits per heavy atom. The van der Waals surface area contributed by atoms with Gasteiger partial charge in [0.05, 0.1) is 10.4 Å². The van der Waals surface area contributed by atoms with Gasteiger partial charge >= 0.3 is 0 Å². The van der Waals surface area contributed by atoms with Crippen LogP contribution in [0.1, 0.15) is 0 Å². The van der Waals surface area contributed by atoms with E-state index in [2.05, 4.69) is 15.4 Å². The molecule has 1 aromatic carbocycles. The summed E-state index contributed by atoms with van der Waals surface area (Å²) in [5.41, 5.74) is 6.39. The molecule has 1 radical (unpaired) electrons. The molecule has 1 heterocycles. The van der Waals surface area contributed by atoms with E-state index >= 15 is 0 Å². The van der Waals surface area contributed by atoms with Crippen LogP contribution < -0.4 is 5.73 Å². The molecule has 0 bridgehead atoms. The van der Waals surface area contributed by atoms with Gasteiger partial charge in [-0.25, -0.2) is 0 Å². The minimum Gasteiger partial charge on any atom is -0.393 e. The Kier molecular flexibility index (Phi) is 2.84. The second-order valence-corrected chi connectivity index (χ2v) is 2.50. The zero-order valence-electron chi connectivity index (χ0n) is 6.69. The van der Waals surface area contributed by atoms with Gasteiger partial charge in [-0.3, -0.25) is 15.2 Å². The van der Waals surface area contributed by atoms with E-state index in [0.29, 0.717) is 11.0 Å². The molecular weight excluding hydrogens is 282 g/mol. The molecule has 0 atom stereocenters. The van der Waals surface area contributed by atoms with Crippen molar-refractivity contribution in [3.05, 3.63) is 22.2 Å². The second-order valence-electron chi connectivity index (χ2n) is 2.50. The van der Waals surface area contributed by atoms with Crippen molar-refractivity contribution in [1.82, 2.24) is 15.4 Å². The Hall–Kier alpha value is -1.44. The van der Waals surface area contributed by atoms with Crippen LogP contribution >= 0.6 is 0 Å². The SMILES string of the molecule is Nc1cc2nn[nH]c2cc1[N+](=O)[O-].[Ag]. The maximum Gasteiger partial charge on any atom is 0.294 e. The number of rotatable bonds is 1. The van der Waals surface area contributed by atoms with Crippen molar-refractivity contribution in [2.24, 2.45) is 0 Å². The number of hydrogen-bond acceptors (Lipinski definition) is 5. The molecular formula is C6H5AgN5O2. The van der Waals surface area contributed by atoms with E-state index in [4.69, 9.17) is 5.73 Å². The number of benzene rings is 1. The summed E-state index contributed by atoms with van der Waals surface area (Å²) in [4.78, 5) is 9.91. The second kappa shape index (κ2) is 3.74. The Morgan fingerprint density at radius 2 is 2.21 bits per heavy atom. The van der Waals surface area contributed by atoms with Gasteiger partial charge in [-0.2, -0.15) is 0 Å². The number of nitrogens with two attached hydrogens (primary N) is 1. The first-order chi connectivity index (χ1) is 6.18. The number of hydrogen-bond donors (Lipinski definition) is 2. The number of nitrogens with zero attached hydrogens (tertiary/aromatic N) is 3. The van der Waals surface area contributed by atoms with Crippen LogP contribution in [0.3, 0.4) is 0 Å². The van der Waals surface area contributed by atoms with E-state index in [1.54, 1.807) is 0 Å². The van der Waals surface area contributed by atoms with Crippen molar-refractivity contribution in [2.75, 3.05) is 5.73 Å². The molecule has 3 N–H and O–H groups in total. The Bertz CT molecular complexity index is 482. The van der Waals surface area contributed by atoms with E-state index < -0.39 is 4.92 Å². The first kappa shape index (κ1) is 10.6. The molecule has 7 nitrogen and oxygen atoms in total. The zero-order chi connectivity index (χ0) is 9.42. The smallest absolute Gasteiger partial charge is 0.294 e. The van der Waals surface area contributed by atoms with Crippen LogP contribution in [0.5, 0.6) is 0 Å². The third-order valence-electron chi connectivity index (χ3n) is 1.67. The fourth-order valence-corrected chi connectivity index (χ4v) is 1.06. The van der Waals surface area contributed by atoms with Gasteiger partial charge in [-0.1, -0.05) is 5.21 Å². The van der Waals surface area contributed by atoms with Crippen LogP contribution in [0, 0.1) is 10.1 Å². The summed E-state index contributed by atoms with van der Waals surface area (Å²) in [7, 11) is 0. The maximum atomic E-state index is 10.5. The minimum atomic E-state index is -0.546. The summed E-state index contributed by atoms with van der Waals surface area (Å²) in [6.07, 6.45) is 0. The standard InChI is InChI=1S/C6H5N5O2.Ag/c7-3-1-4-5(9-10-8-4)2-6(3)11(12)13;/h1-2H,7H2,(H,8,9,10);. The summed E-state index contributed by atoms with van der Waals surface area (Å²) in [5, 5.41) is 20.1. The summed E-state index contributed by atoms with van der Waals surface area (Å²) < 4.78 is 0. The molecule has 8 heteroatoms. The van der Waals surface area contributed by atoms with E-state index in [1.807, 2.05) is 0 Å². The topological polar surface area (TPSA) is 111 Å². The number of nitro benzene ring substituents is 1. The number of aromatic nitrogens is 3. The summed E-state index contributed by atoms with van der Waals surface area (Å²) in [6.45, 7) is 0. The van der Waals surface area contributed by atoms with Crippen LogP contribution in [0.2, 0.25) is 0 Å². The molecule has 14 heavy (non-hydrogen) atoms. The van der Waals surface area contributed by atoms with Crippen LogP contribution in [0.15, 0.2) is 12.1 Å². The maximum absolute atomic E-state index is 10.5. The van der Waals surface area contributed by atoms with Gasteiger partial charge in [0.25, 0.3) is 5.69 Å². The van der Waals surface area contributed by atoms with Crippen molar-refractivity contribution in [1.29, 1.82) is 0 Å². The van der Waals surface area contributed by atoms with Gasteiger partial charge in [0.1, 0.15) is 11.2 Å². The average Bonchev–Trinajstić information content (AvgIpc) is 2.48. The fraction of sp³-hybridized carbons (Fsp3) is 0. The van der Waals surface area contributed by atoms with Gasteiger partial charge in [0.15, 0.2) is 0 Å². The normalized spacial score (nSPS) is 9.71. The predicted molar refractivity (Wildman–Crippen MR) is 45.0 cm³/mol. The zero-order valence-corrected chi connectivity index (χ0v) is 8.17. The molecule has 0 aliphatic heterocycles. The van der Waals surface area contributed by atoms with Crippen molar-refractivity contribution in [3.8, 4) is 0 Å². The van der Waals surface area contributed by atoms with Crippen molar-refractivity contribution in [3.63, 3.8) is 0 Å². The van der Waals surface area contributed by atoms with Crippen molar-refractivity contribution >= 4 is 22.4 Å². The van der Waals surface area contributed by atoms with Crippen LogP contribution in [-0.2, 0) is 22.4 Å². The third-order valence-corrected chi connectivity index (χ3v) is 1.67. The van der Waals surface area contributed by atoms with Crippen LogP contribution in [0.25, 0.3) is 11.0 Å². The molecule has 0 saturated carbocycles. The van der Waals surface area contributed by atoms with Crippen LogP contribution in [0.4, 0.5) is 11.4 Å². The van der Waals surface area contributed by atoms with Gasteiger partial charge in [0.2, 0.25) is 0 Å². The molecule has 0 unspecified atom stereocenters. The molecule has 77 valence electrons.